The van der Waals surface area contributed by atoms with E-state index in [0.29, 0.717) is 6.16 Å². The molecule has 0 aromatic heterocycles. The van der Waals surface area contributed by atoms with Crippen LogP contribution in [0.3, 0.4) is 0 Å². The van der Waals surface area contributed by atoms with Crippen LogP contribution in [-0.4, -0.2) is 22.1 Å². The third kappa shape index (κ3) is 13.7. The van der Waals surface area contributed by atoms with Crippen LogP contribution in [0.5, 0.6) is 0 Å². The van der Waals surface area contributed by atoms with Crippen molar-refractivity contribution in [3.8, 4) is 0 Å². The first-order chi connectivity index (χ1) is 7.13. The standard InChI is InChI=1S/C10H21O4P/c11-10(12)8-6-4-2-1-3-5-7-9-15(13)14/h15H,1-9H2,(H,11,12)(H,13,14). The predicted octanol–water partition coefficient (Wildman–Crippen LogP) is 2.66. The first kappa shape index (κ1) is 14.7. The van der Waals surface area contributed by atoms with Crippen molar-refractivity contribution in [3.05, 3.63) is 0 Å². The molecule has 0 bridgehead atoms. The second-order valence-electron chi connectivity index (χ2n) is 3.76. The van der Waals surface area contributed by atoms with Gasteiger partial charge in [-0.15, -0.1) is 0 Å². The van der Waals surface area contributed by atoms with Crippen LogP contribution in [0.2, 0.25) is 0 Å². The van der Waals surface area contributed by atoms with Crippen molar-refractivity contribution in [2.24, 2.45) is 0 Å². The van der Waals surface area contributed by atoms with E-state index in [9.17, 15) is 9.36 Å². The second-order valence-corrected chi connectivity index (χ2v) is 5.05. The zero-order valence-corrected chi connectivity index (χ0v) is 10.1. The Morgan fingerprint density at radius 1 is 0.933 bits per heavy atom. The Bertz CT molecular complexity index is 174. The second kappa shape index (κ2) is 10.2. The molecule has 90 valence electrons. The summed E-state index contributed by atoms with van der Waals surface area (Å²) in [6.45, 7) is 0. The van der Waals surface area contributed by atoms with Crippen LogP contribution < -0.4 is 0 Å². The summed E-state index contributed by atoms with van der Waals surface area (Å²) in [6, 6.07) is 0. The lowest BCUT2D eigenvalue weighted by Gasteiger charge is -2.00. The zero-order valence-electron chi connectivity index (χ0n) is 9.07. The maximum atomic E-state index is 10.4. The summed E-state index contributed by atoms with van der Waals surface area (Å²) in [4.78, 5) is 18.8. The van der Waals surface area contributed by atoms with Gasteiger partial charge in [0.15, 0.2) is 8.03 Å². The molecule has 4 nitrogen and oxygen atoms in total. The molecule has 0 aromatic rings. The Balaban J connectivity index is 2.99. The van der Waals surface area contributed by atoms with Crippen molar-refractivity contribution in [3.63, 3.8) is 0 Å². The van der Waals surface area contributed by atoms with Crippen LogP contribution in [0.4, 0.5) is 0 Å². The monoisotopic (exact) mass is 236 g/mol. The van der Waals surface area contributed by atoms with Crippen molar-refractivity contribution < 1.29 is 19.4 Å². The van der Waals surface area contributed by atoms with Crippen molar-refractivity contribution in [2.75, 3.05) is 6.16 Å². The largest absolute Gasteiger partial charge is 0.481 e. The van der Waals surface area contributed by atoms with Crippen LogP contribution in [0.25, 0.3) is 0 Å². The fraction of sp³-hybridized carbons (Fsp3) is 0.900. The first-order valence-electron chi connectivity index (χ1n) is 5.56. The molecule has 2 N–H and O–H groups in total. The number of hydrogen-bond acceptors (Lipinski definition) is 2. The molecule has 0 saturated heterocycles. The number of carboxylic acids is 1. The van der Waals surface area contributed by atoms with E-state index in [1.807, 2.05) is 0 Å². The Morgan fingerprint density at radius 2 is 1.40 bits per heavy atom. The highest BCUT2D eigenvalue weighted by atomic mass is 31.1. The van der Waals surface area contributed by atoms with E-state index in [2.05, 4.69) is 0 Å². The molecular weight excluding hydrogens is 215 g/mol. The van der Waals surface area contributed by atoms with E-state index < -0.39 is 14.0 Å². The quantitative estimate of drug-likeness (QED) is 0.451. The average Bonchev–Trinajstić information content (AvgIpc) is 2.14. The average molecular weight is 236 g/mol. The molecule has 15 heavy (non-hydrogen) atoms. The van der Waals surface area contributed by atoms with E-state index in [1.54, 1.807) is 0 Å². The summed E-state index contributed by atoms with van der Waals surface area (Å²) < 4.78 is 10.4. The van der Waals surface area contributed by atoms with Gasteiger partial charge in [-0.05, 0) is 12.8 Å². The molecule has 0 heterocycles. The summed E-state index contributed by atoms with van der Waals surface area (Å²) in [6.07, 6.45) is 7.56. The van der Waals surface area contributed by atoms with Crippen molar-refractivity contribution in [1.82, 2.24) is 0 Å². The number of carbonyl (C=O) groups is 1. The van der Waals surface area contributed by atoms with Crippen LogP contribution in [0, 0.1) is 0 Å². The summed E-state index contributed by atoms with van der Waals surface area (Å²) in [5.41, 5.74) is 0. The Morgan fingerprint density at radius 3 is 1.87 bits per heavy atom. The molecule has 0 aromatic carbocycles. The molecule has 1 unspecified atom stereocenters. The lowest BCUT2D eigenvalue weighted by Crippen LogP contribution is -1.93. The maximum Gasteiger partial charge on any atom is 0.303 e. The van der Waals surface area contributed by atoms with Crippen molar-refractivity contribution >= 4 is 14.0 Å². The minimum absolute atomic E-state index is 0.270. The fourth-order valence-corrected chi connectivity index (χ4v) is 1.99. The number of aliphatic carboxylic acids is 1. The van der Waals surface area contributed by atoms with Crippen LogP contribution >= 0.6 is 8.03 Å². The van der Waals surface area contributed by atoms with Gasteiger partial charge in [0.25, 0.3) is 0 Å². The van der Waals surface area contributed by atoms with Gasteiger partial charge >= 0.3 is 5.97 Å². The highest BCUT2D eigenvalue weighted by Gasteiger charge is 1.97. The zero-order chi connectivity index (χ0) is 11.5. The summed E-state index contributed by atoms with van der Waals surface area (Å²) >= 11 is 0. The van der Waals surface area contributed by atoms with Gasteiger partial charge in [0.05, 0.1) is 0 Å². The van der Waals surface area contributed by atoms with E-state index in [4.69, 9.17) is 10.00 Å². The third-order valence-corrected chi connectivity index (χ3v) is 3.06. The molecule has 0 spiro atoms. The molecule has 0 rings (SSSR count). The van der Waals surface area contributed by atoms with E-state index in [-0.39, 0.29) is 6.42 Å². The molecule has 1 atom stereocenters. The van der Waals surface area contributed by atoms with Gasteiger partial charge in [-0.2, -0.15) is 0 Å². The first-order valence-corrected chi connectivity index (χ1v) is 7.13. The van der Waals surface area contributed by atoms with Gasteiger partial charge in [-0.25, -0.2) is 0 Å². The fourth-order valence-electron chi connectivity index (χ4n) is 1.44. The Labute approximate surface area is 91.6 Å². The van der Waals surface area contributed by atoms with Gasteiger partial charge in [-0.3, -0.25) is 9.36 Å². The van der Waals surface area contributed by atoms with E-state index in [0.717, 1.165) is 44.9 Å². The molecule has 0 radical (unpaired) electrons. The van der Waals surface area contributed by atoms with Crippen LogP contribution in [-0.2, 0) is 9.36 Å². The topological polar surface area (TPSA) is 74.6 Å². The molecule has 0 fully saturated rings. The highest BCUT2D eigenvalue weighted by molar-refractivity contribution is 7.37. The summed E-state index contributed by atoms with van der Waals surface area (Å²) in [7, 11) is -2.26. The van der Waals surface area contributed by atoms with Crippen molar-refractivity contribution in [1.29, 1.82) is 0 Å². The Kier molecular flexibility index (Phi) is 9.96. The lowest BCUT2D eigenvalue weighted by atomic mass is 10.1. The smallest absolute Gasteiger partial charge is 0.303 e. The van der Waals surface area contributed by atoms with Gasteiger partial charge in [0, 0.05) is 12.6 Å². The summed E-state index contributed by atoms with van der Waals surface area (Å²) in [5, 5.41) is 8.39. The van der Waals surface area contributed by atoms with Crippen LogP contribution in [0.15, 0.2) is 0 Å². The molecule has 0 aliphatic heterocycles. The molecule has 0 aliphatic carbocycles. The number of hydrogen-bond donors (Lipinski definition) is 2. The normalized spacial score (nSPS) is 12.6. The minimum Gasteiger partial charge on any atom is -0.481 e. The molecule has 0 saturated carbocycles. The maximum absolute atomic E-state index is 10.4. The molecular formula is C10H21O4P. The Hall–Kier alpha value is -0.340. The van der Waals surface area contributed by atoms with E-state index >= 15 is 0 Å². The van der Waals surface area contributed by atoms with Crippen LogP contribution in [0.1, 0.15) is 51.4 Å². The van der Waals surface area contributed by atoms with Gasteiger partial charge in [-0.1, -0.05) is 32.1 Å². The lowest BCUT2D eigenvalue weighted by molar-refractivity contribution is -0.137. The van der Waals surface area contributed by atoms with E-state index in [1.165, 1.54) is 0 Å². The number of unbranched alkanes of at least 4 members (excludes halogenated alkanes) is 6. The molecule has 0 amide bonds. The highest BCUT2D eigenvalue weighted by Crippen LogP contribution is 2.16. The third-order valence-electron chi connectivity index (χ3n) is 2.28. The summed E-state index contributed by atoms with van der Waals surface area (Å²) in [5.74, 6) is -0.719. The predicted molar refractivity (Wildman–Crippen MR) is 60.7 cm³/mol. The van der Waals surface area contributed by atoms with Crippen molar-refractivity contribution in [2.45, 2.75) is 51.4 Å². The molecule has 5 heteroatoms. The van der Waals surface area contributed by atoms with Gasteiger partial charge in [0.2, 0.25) is 0 Å². The van der Waals surface area contributed by atoms with Gasteiger partial charge in [0.1, 0.15) is 0 Å². The van der Waals surface area contributed by atoms with Gasteiger partial charge < -0.3 is 10.00 Å². The number of rotatable bonds is 10. The number of carboxylic acid groups (broad SMARTS) is 1. The molecule has 0 aliphatic rings. The SMILES string of the molecule is O=C(O)CCCCCCCCC[PH](=O)O. The minimum atomic E-state index is -2.26.